The SMILES string of the molecule is Cn1cncc1-c1ccc(NC(=O)C(NC(=O)c2ccnn2C)C(c2cccc(F)c2)c2cccc(F)c2)cc1. The zero-order chi connectivity index (χ0) is 28.2. The van der Waals surface area contributed by atoms with Crippen molar-refractivity contribution in [1.82, 2.24) is 24.6 Å². The summed E-state index contributed by atoms with van der Waals surface area (Å²) in [5.74, 6) is -3.10. The number of halogens is 2. The van der Waals surface area contributed by atoms with Crippen molar-refractivity contribution in [2.45, 2.75) is 12.0 Å². The van der Waals surface area contributed by atoms with E-state index in [4.69, 9.17) is 0 Å². The van der Waals surface area contributed by atoms with Crippen LogP contribution in [0, 0.1) is 11.6 Å². The lowest BCUT2D eigenvalue weighted by Gasteiger charge is -2.28. The van der Waals surface area contributed by atoms with Crippen molar-refractivity contribution in [2.24, 2.45) is 14.1 Å². The van der Waals surface area contributed by atoms with Crippen LogP contribution >= 0.6 is 0 Å². The fraction of sp³-hybridized carbons (Fsp3) is 0.133. The van der Waals surface area contributed by atoms with Crippen LogP contribution in [0.3, 0.4) is 0 Å². The molecule has 2 N–H and O–H groups in total. The lowest BCUT2D eigenvalue weighted by Crippen LogP contribution is -2.48. The fourth-order valence-corrected chi connectivity index (χ4v) is 4.67. The predicted molar refractivity (Wildman–Crippen MR) is 146 cm³/mol. The second-order valence-corrected chi connectivity index (χ2v) is 9.34. The maximum atomic E-state index is 14.4. The minimum absolute atomic E-state index is 0.218. The lowest BCUT2D eigenvalue weighted by molar-refractivity contribution is -0.118. The van der Waals surface area contributed by atoms with E-state index in [1.807, 2.05) is 23.7 Å². The highest BCUT2D eigenvalue weighted by Crippen LogP contribution is 2.31. The summed E-state index contributed by atoms with van der Waals surface area (Å²) in [6.07, 6.45) is 4.89. The maximum absolute atomic E-state index is 14.4. The molecule has 0 saturated carbocycles. The highest BCUT2D eigenvalue weighted by molar-refractivity contribution is 6.01. The molecule has 2 amide bonds. The molecule has 5 rings (SSSR count). The van der Waals surface area contributed by atoms with Crippen LogP contribution in [-0.2, 0) is 18.9 Å². The van der Waals surface area contributed by atoms with Crippen molar-refractivity contribution in [3.8, 4) is 11.3 Å². The van der Waals surface area contributed by atoms with E-state index in [1.54, 1.807) is 43.8 Å². The molecular formula is C30H26F2N6O2. The van der Waals surface area contributed by atoms with Crippen LogP contribution in [0.1, 0.15) is 27.5 Å². The standard InChI is InChI=1S/C30H26F2N6O2/c1-37-18-33-17-26(37)19-9-11-24(12-10-19)35-30(40)28(36-29(39)25-13-14-34-38(25)2)27(20-5-3-7-22(31)15-20)21-6-4-8-23(32)16-21/h3-18,27-28H,1-2H3,(H,35,40)(H,36,39). The number of benzene rings is 3. The minimum atomic E-state index is -1.25. The number of nitrogens with zero attached hydrogens (tertiary/aromatic N) is 4. The Labute approximate surface area is 229 Å². The van der Waals surface area contributed by atoms with Gasteiger partial charge >= 0.3 is 0 Å². The Morgan fingerprint density at radius 2 is 1.52 bits per heavy atom. The molecule has 0 fully saturated rings. The monoisotopic (exact) mass is 540 g/mol. The topological polar surface area (TPSA) is 93.8 Å². The Balaban J connectivity index is 1.53. The Morgan fingerprint density at radius 3 is 2.05 bits per heavy atom. The van der Waals surface area contributed by atoms with E-state index in [0.29, 0.717) is 16.8 Å². The third-order valence-corrected chi connectivity index (χ3v) is 6.64. The Kier molecular flexibility index (Phi) is 7.50. The molecule has 2 heterocycles. The first-order chi connectivity index (χ1) is 19.3. The molecule has 0 bridgehead atoms. The average molecular weight is 541 g/mol. The van der Waals surface area contributed by atoms with E-state index < -0.39 is 35.4 Å². The molecule has 2 aromatic heterocycles. The number of carbonyl (C=O) groups excluding carboxylic acids is 2. The van der Waals surface area contributed by atoms with Gasteiger partial charge in [-0.2, -0.15) is 5.10 Å². The van der Waals surface area contributed by atoms with Gasteiger partial charge in [-0.15, -0.1) is 0 Å². The Bertz CT molecular complexity index is 1620. The summed E-state index contributed by atoms with van der Waals surface area (Å²) in [5, 5.41) is 9.67. The van der Waals surface area contributed by atoms with Crippen molar-refractivity contribution < 1.29 is 18.4 Å². The molecule has 5 aromatic rings. The molecule has 1 atom stereocenters. The third kappa shape index (κ3) is 5.65. The molecule has 0 aliphatic rings. The number of nitrogens with one attached hydrogen (secondary N) is 2. The van der Waals surface area contributed by atoms with E-state index in [9.17, 15) is 18.4 Å². The van der Waals surface area contributed by atoms with E-state index in [1.165, 1.54) is 53.3 Å². The van der Waals surface area contributed by atoms with Gasteiger partial charge in [-0.25, -0.2) is 13.8 Å². The number of anilines is 1. The van der Waals surface area contributed by atoms with Crippen molar-refractivity contribution in [1.29, 1.82) is 0 Å². The molecule has 0 aliphatic heterocycles. The van der Waals surface area contributed by atoms with Gasteiger partial charge in [-0.1, -0.05) is 36.4 Å². The summed E-state index contributed by atoms with van der Waals surface area (Å²) in [7, 11) is 3.48. The summed E-state index contributed by atoms with van der Waals surface area (Å²) in [6.45, 7) is 0. The van der Waals surface area contributed by atoms with Gasteiger partial charge in [-0.3, -0.25) is 14.3 Å². The Morgan fingerprint density at radius 1 is 0.875 bits per heavy atom. The summed E-state index contributed by atoms with van der Waals surface area (Å²) in [6, 6.07) is 18.8. The first kappa shape index (κ1) is 26.5. The zero-order valence-corrected chi connectivity index (χ0v) is 21.8. The first-order valence-electron chi connectivity index (χ1n) is 12.5. The molecule has 1 unspecified atom stereocenters. The zero-order valence-electron chi connectivity index (χ0n) is 21.8. The molecule has 0 spiro atoms. The highest BCUT2D eigenvalue weighted by atomic mass is 19.1. The van der Waals surface area contributed by atoms with E-state index >= 15 is 0 Å². The van der Waals surface area contributed by atoms with Gasteiger partial charge in [0, 0.05) is 31.9 Å². The number of hydrogen-bond acceptors (Lipinski definition) is 4. The van der Waals surface area contributed by atoms with Crippen LogP contribution in [0.5, 0.6) is 0 Å². The minimum Gasteiger partial charge on any atom is -0.338 e. The third-order valence-electron chi connectivity index (χ3n) is 6.64. The van der Waals surface area contributed by atoms with Crippen molar-refractivity contribution in [3.63, 3.8) is 0 Å². The molecule has 0 aliphatic carbocycles. The van der Waals surface area contributed by atoms with Crippen LogP contribution in [0.25, 0.3) is 11.3 Å². The quantitative estimate of drug-likeness (QED) is 0.299. The second kappa shape index (κ2) is 11.3. The molecule has 202 valence electrons. The number of amides is 2. The summed E-state index contributed by atoms with van der Waals surface area (Å²) in [4.78, 5) is 31.3. The van der Waals surface area contributed by atoms with Crippen LogP contribution in [-0.4, -0.2) is 37.2 Å². The lowest BCUT2D eigenvalue weighted by atomic mass is 9.84. The summed E-state index contributed by atoms with van der Waals surface area (Å²) in [5.41, 5.74) is 3.28. The van der Waals surface area contributed by atoms with Gasteiger partial charge in [0.15, 0.2) is 0 Å². The normalized spacial score (nSPS) is 11.8. The smallest absolute Gasteiger partial charge is 0.270 e. The second-order valence-electron chi connectivity index (χ2n) is 9.34. The molecular weight excluding hydrogens is 514 g/mol. The first-order valence-corrected chi connectivity index (χ1v) is 12.5. The maximum Gasteiger partial charge on any atom is 0.270 e. The number of carbonyl (C=O) groups is 2. The van der Waals surface area contributed by atoms with Gasteiger partial charge in [0.05, 0.1) is 18.2 Å². The van der Waals surface area contributed by atoms with E-state index in [0.717, 1.165) is 11.3 Å². The van der Waals surface area contributed by atoms with Crippen molar-refractivity contribution in [3.05, 3.63) is 126 Å². The van der Waals surface area contributed by atoms with Gasteiger partial charge < -0.3 is 15.2 Å². The molecule has 8 nitrogen and oxygen atoms in total. The number of rotatable bonds is 8. The average Bonchev–Trinajstić information content (AvgIpc) is 3.56. The number of imidazole rings is 1. The van der Waals surface area contributed by atoms with Crippen LogP contribution in [0.2, 0.25) is 0 Å². The molecule has 3 aromatic carbocycles. The van der Waals surface area contributed by atoms with Crippen LogP contribution < -0.4 is 10.6 Å². The highest BCUT2D eigenvalue weighted by Gasteiger charge is 2.34. The van der Waals surface area contributed by atoms with Gasteiger partial charge in [0.2, 0.25) is 5.91 Å². The molecule has 0 radical (unpaired) electrons. The van der Waals surface area contributed by atoms with Crippen molar-refractivity contribution in [2.75, 3.05) is 5.32 Å². The number of aromatic nitrogens is 4. The summed E-state index contributed by atoms with van der Waals surface area (Å²) < 4.78 is 32.0. The largest absolute Gasteiger partial charge is 0.338 e. The molecule has 10 heteroatoms. The fourth-order valence-electron chi connectivity index (χ4n) is 4.67. The van der Waals surface area contributed by atoms with Crippen molar-refractivity contribution >= 4 is 17.5 Å². The van der Waals surface area contributed by atoms with Crippen LogP contribution in [0.15, 0.2) is 97.6 Å². The van der Waals surface area contributed by atoms with E-state index in [2.05, 4.69) is 20.7 Å². The van der Waals surface area contributed by atoms with Crippen LogP contribution in [0.4, 0.5) is 14.5 Å². The van der Waals surface area contributed by atoms with Gasteiger partial charge in [-0.05, 0) is 59.2 Å². The number of hydrogen-bond donors (Lipinski definition) is 2. The molecule has 0 saturated heterocycles. The number of aryl methyl sites for hydroxylation is 2. The Hall–Kier alpha value is -5.12. The van der Waals surface area contributed by atoms with Gasteiger partial charge in [0.1, 0.15) is 23.4 Å². The predicted octanol–water partition coefficient (Wildman–Crippen LogP) is 4.67. The van der Waals surface area contributed by atoms with E-state index in [-0.39, 0.29) is 5.69 Å². The summed E-state index contributed by atoms with van der Waals surface area (Å²) >= 11 is 0. The van der Waals surface area contributed by atoms with Gasteiger partial charge in [0.25, 0.3) is 5.91 Å². The molecule has 40 heavy (non-hydrogen) atoms.